The van der Waals surface area contributed by atoms with Crippen LogP contribution in [0.15, 0.2) is 62.8 Å². The molecule has 0 saturated carbocycles. The molecule has 2 N–H and O–H groups in total. The van der Waals surface area contributed by atoms with Gasteiger partial charge in [-0.3, -0.25) is 10.2 Å². The summed E-state index contributed by atoms with van der Waals surface area (Å²) in [5.74, 6) is -1.11. The van der Waals surface area contributed by atoms with Gasteiger partial charge < -0.3 is 14.5 Å². The van der Waals surface area contributed by atoms with Crippen LogP contribution in [0.25, 0.3) is 22.1 Å². The van der Waals surface area contributed by atoms with E-state index in [2.05, 4.69) is 21.2 Å². The third-order valence-corrected chi connectivity index (χ3v) is 6.29. The normalized spacial score (nSPS) is 10.8. The van der Waals surface area contributed by atoms with Crippen molar-refractivity contribution in [1.29, 1.82) is 5.41 Å². The number of hydrogen-bond donors (Lipinski definition) is 2. The van der Waals surface area contributed by atoms with Crippen molar-refractivity contribution in [3.05, 3.63) is 80.1 Å². The highest BCUT2D eigenvalue weighted by atomic mass is 79.9. The van der Waals surface area contributed by atoms with Crippen molar-refractivity contribution >= 4 is 66.7 Å². The van der Waals surface area contributed by atoms with Crippen LogP contribution in [-0.4, -0.2) is 18.5 Å². The van der Waals surface area contributed by atoms with Gasteiger partial charge in [0, 0.05) is 25.8 Å². The average molecular weight is 532 g/mol. The highest BCUT2D eigenvalue weighted by Crippen LogP contribution is 2.37. The maximum atomic E-state index is 13.0. The predicted molar refractivity (Wildman–Crippen MR) is 128 cm³/mol. The van der Waals surface area contributed by atoms with E-state index in [4.69, 9.17) is 26.2 Å². The number of nitrogens with one attached hydrogen (secondary N) is 2. The van der Waals surface area contributed by atoms with Crippen molar-refractivity contribution < 1.29 is 18.7 Å². The first kappa shape index (κ1) is 22.3. The molecule has 32 heavy (non-hydrogen) atoms. The van der Waals surface area contributed by atoms with Crippen molar-refractivity contribution in [2.24, 2.45) is 0 Å². The van der Waals surface area contributed by atoms with Crippen molar-refractivity contribution in [3.63, 3.8) is 0 Å². The lowest BCUT2D eigenvalue weighted by Crippen LogP contribution is -2.21. The van der Waals surface area contributed by atoms with Crippen molar-refractivity contribution in [1.82, 2.24) is 0 Å². The first-order valence-corrected chi connectivity index (χ1v) is 11.6. The van der Waals surface area contributed by atoms with E-state index in [0.29, 0.717) is 26.6 Å². The Morgan fingerprint density at radius 3 is 2.66 bits per heavy atom. The van der Waals surface area contributed by atoms with Gasteiger partial charge in [-0.05, 0) is 48.9 Å². The van der Waals surface area contributed by atoms with E-state index in [-0.39, 0.29) is 23.3 Å². The van der Waals surface area contributed by atoms with Crippen molar-refractivity contribution in [2.45, 2.75) is 6.92 Å². The molecule has 2 heterocycles. The largest absolute Gasteiger partial charge is 0.462 e. The number of anilines is 1. The Hall–Kier alpha value is -2.94. The van der Waals surface area contributed by atoms with E-state index in [9.17, 15) is 9.59 Å². The topological polar surface area (TPSA) is 92.4 Å². The zero-order chi connectivity index (χ0) is 22.8. The second-order valence-electron chi connectivity index (χ2n) is 6.71. The average Bonchev–Trinajstić information content (AvgIpc) is 3.17. The van der Waals surface area contributed by atoms with Gasteiger partial charge in [-0.2, -0.15) is 0 Å². The summed E-state index contributed by atoms with van der Waals surface area (Å²) >= 11 is 10.6. The molecule has 2 aromatic carbocycles. The molecule has 0 spiro atoms. The molecule has 6 nitrogen and oxygen atoms in total. The van der Waals surface area contributed by atoms with Gasteiger partial charge in [-0.15, -0.1) is 11.3 Å². The Morgan fingerprint density at radius 2 is 1.94 bits per heavy atom. The van der Waals surface area contributed by atoms with E-state index in [1.165, 1.54) is 17.4 Å². The minimum atomic E-state index is -0.574. The molecule has 162 valence electrons. The Balaban J connectivity index is 1.74. The van der Waals surface area contributed by atoms with Gasteiger partial charge in [0.05, 0.1) is 6.61 Å². The molecular formula is C23H16BrClN2O4S. The summed E-state index contributed by atoms with van der Waals surface area (Å²) in [7, 11) is 0. The number of ether oxygens (including phenoxy) is 1. The number of hydrogen-bond acceptors (Lipinski definition) is 6. The molecular weight excluding hydrogens is 516 g/mol. The predicted octanol–water partition coefficient (Wildman–Crippen LogP) is 6.49. The number of halogens is 2. The first-order chi connectivity index (χ1) is 15.4. The zero-order valence-electron chi connectivity index (χ0n) is 16.7. The summed E-state index contributed by atoms with van der Waals surface area (Å²) in [6.45, 7) is 1.92. The maximum Gasteiger partial charge on any atom is 0.341 e. The second kappa shape index (κ2) is 9.28. The summed E-state index contributed by atoms with van der Waals surface area (Å²) in [6, 6.07) is 14.0. The number of fused-ring (bicyclic) bond motifs is 1. The summed E-state index contributed by atoms with van der Waals surface area (Å²) < 4.78 is 11.6. The molecule has 4 aromatic rings. The molecule has 0 aliphatic heterocycles. The van der Waals surface area contributed by atoms with Crippen LogP contribution in [-0.2, 0) is 4.74 Å². The minimum absolute atomic E-state index is 0.0215. The molecule has 0 bridgehead atoms. The van der Waals surface area contributed by atoms with Crippen LogP contribution in [0.2, 0.25) is 5.02 Å². The van der Waals surface area contributed by atoms with Gasteiger partial charge in [-0.1, -0.05) is 39.7 Å². The molecule has 2 aromatic heterocycles. The van der Waals surface area contributed by atoms with E-state index < -0.39 is 11.9 Å². The van der Waals surface area contributed by atoms with Crippen LogP contribution in [0, 0.1) is 5.41 Å². The highest BCUT2D eigenvalue weighted by molar-refractivity contribution is 9.10. The standard InChI is InChI=1S/C23H16BrClN2O4S/c1-2-30-23(29)19-17(12-3-5-14(24)6-4-12)11-32-22(19)27-21(28)16-10-13-9-15(25)7-8-18(13)31-20(16)26/h3-11,26H,2H2,1H3,(H,27,28). The molecule has 0 unspecified atom stereocenters. The van der Waals surface area contributed by atoms with Crippen LogP contribution in [0.3, 0.4) is 0 Å². The van der Waals surface area contributed by atoms with E-state index in [1.54, 1.807) is 30.5 Å². The van der Waals surface area contributed by atoms with Gasteiger partial charge >= 0.3 is 5.97 Å². The van der Waals surface area contributed by atoms with Gasteiger partial charge in [0.15, 0.2) is 0 Å². The number of rotatable bonds is 5. The van der Waals surface area contributed by atoms with Gasteiger partial charge in [0.25, 0.3) is 5.91 Å². The van der Waals surface area contributed by atoms with Gasteiger partial charge in [0.2, 0.25) is 5.55 Å². The molecule has 4 rings (SSSR count). The van der Waals surface area contributed by atoms with E-state index >= 15 is 0 Å². The molecule has 1 amide bonds. The van der Waals surface area contributed by atoms with Gasteiger partial charge in [0.1, 0.15) is 21.7 Å². The first-order valence-electron chi connectivity index (χ1n) is 9.51. The number of esters is 1. The fourth-order valence-corrected chi connectivity index (χ4v) is 4.55. The number of amides is 1. The van der Waals surface area contributed by atoms with Crippen molar-refractivity contribution in [2.75, 3.05) is 11.9 Å². The summed E-state index contributed by atoms with van der Waals surface area (Å²) in [6.07, 6.45) is 0. The summed E-state index contributed by atoms with van der Waals surface area (Å²) in [4.78, 5) is 25.7. The number of benzene rings is 2. The Labute approximate surface area is 200 Å². The van der Waals surface area contributed by atoms with Crippen LogP contribution < -0.4 is 10.9 Å². The lowest BCUT2D eigenvalue weighted by atomic mass is 10.0. The second-order valence-corrected chi connectivity index (χ2v) is 8.94. The van der Waals surface area contributed by atoms with Crippen LogP contribution in [0.5, 0.6) is 0 Å². The number of carbonyl (C=O) groups excluding carboxylic acids is 2. The SMILES string of the molecule is CCOC(=O)c1c(-c2ccc(Br)cc2)csc1NC(=O)c1cc2cc(Cl)ccc2oc1=N. The van der Waals surface area contributed by atoms with E-state index in [0.717, 1.165) is 10.0 Å². The van der Waals surface area contributed by atoms with Crippen LogP contribution >= 0.6 is 38.9 Å². The summed E-state index contributed by atoms with van der Waals surface area (Å²) in [5, 5.41) is 14.1. The quantitative estimate of drug-likeness (QED) is 0.288. The van der Waals surface area contributed by atoms with Crippen molar-refractivity contribution in [3.8, 4) is 11.1 Å². The number of carbonyl (C=O) groups is 2. The monoisotopic (exact) mass is 530 g/mol. The molecule has 0 aliphatic rings. The van der Waals surface area contributed by atoms with Gasteiger partial charge in [-0.25, -0.2) is 4.79 Å². The Bertz CT molecular complexity index is 1400. The minimum Gasteiger partial charge on any atom is -0.462 e. The summed E-state index contributed by atoms with van der Waals surface area (Å²) in [5.41, 5.74) is 1.89. The molecule has 0 saturated heterocycles. The lowest BCUT2D eigenvalue weighted by molar-refractivity contribution is 0.0529. The fourth-order valence-electron chi connectivity index (χ4n) is 3.15. The maximum absolute atomic E-state index is 13.0. The Morgan fingerprint density at radius 1 is 1.19 bits per heavy atom. The highest BCUT2D eigenvalue weighted by Gasteiger charge is 2.24. The third-order valence-electron chi connectivity index (χ3n) is 4.63. The molecule has 0 radical (unpaired) electrons. The van der Waals surface area contributed by atoms with Crippen LogP contribution in [0.4, 0.5) is 5.00 Å². The smallest absolute Gasteiger partial charge is 0.341 e. The fraction of sp³-hybridized carbons (Fsp3) is 0.0870. The molecule has 0 atom stereocenters. The molecule has 0 fully saturated rings. The lowest BCUT2D eigenvalue weighted by Gasteiger charge is -2.09. The van der Waals surface area contributed by atoms with E-state index in [1.807, 2.05) is 24.3 Å². The zero-order valence-corrected chi connectivity index (χ0v) is 19.9. The van der Waals surface area contributed by atoms with Crippen LogP contribution in [0.1, 0.15) is 27.6 Å². The third kappa shape index (κ3) is 4.48. The molecule has 0 aliphatic carbocycles. The molecule has 9 heteroatoms. The number of thiophene rings is 1. The Kier molecular flexibility index (Phi) is 6.45.